The number of hydrogen-bond donors (Lipinski definition) is 3. The van der Waals surface area contributed by atoms with Gasteiger partial charge in [0.15, 0.2) is 30.8 Å². The number of carbonyl (C=O) groups is 5. The van der Waals surface area contributed by atoms with E-state index in [1.54, 1.807) is 72.7 Å². The van der Waals surface area contributed by atoms with Crippen LogP contribution in [0.15, 0.2) is 23.8 Å². The minimum atomic E-state index is -4.01. The zero-order valence-corrected chi connectivity index (χ0v) is 44.4. The van der Waals surface area contributed by atoms with Gasteiger partial charge in [0.25, 0.3) is 0 Å². The number of methoxy groups -OCH3 is 2. The summed E-state index contributed by atoms with van der Waals surface area (Å²) in [6.45, 7) is 5.84. The number of aldehydes is 1. The Morgan fingerprint density at radius 2 is 1.60 bits per heavy atom. The van der Waals surface area contributed by atoms with Gasteiger partial charge in [-0.2, -0.15) is 0 Å². The van der Waals surface area contributed by atoms with E-state index in [0.29, 0.717) is 11.9 Å². The minimum absolute atomic E-state index is 0.000677. The van der Waals surface area contributed by atoms with Crippen molar-refractivity contribution in [2.24, 2.45) is 29.6 Å². The van der Waals surface area contributed by atoms with Crippen molar-refractivity contribution in [1.82, 2.24) is 4.90 Å². The second kappa shape index (κ2) is 28.2. The van der Waals surface area contributed by atoms with Crippen molar-refractivity contribution in [3.8, 4) is 0 Å². The van der Waals surface area contributed by atoms with Crippen molar-refractivity contribution < 1.29 is 104 Å². The molecule has 4 aliphatic heterocycles. The molecule has 4 rings (SSSR count). The van der Waals surface area contributed by atoms with Crippen molar-refractivity contribution in [1.29, 1.82) is 0 Å². The number of allylic oxidation sites excluding steroid dienone is 3. The smallest absolute Gasteiger partial charge is 0.309 e. The van der Waals surface area contributed by atoms with E-state index < -0.39 is 184 Å². The van der Waals surface area contributed by atoms with Gasteiger partial charge in [0.05, 0.1) is 49.6 Å². The van der Waals surface area contributed by atoms with Gasteiger partial charge >= 0.3 is 17.9 Å². The van der Waals surface area contributed by atoms with E-state index in [4.69, 9.17) is 64.4 Å². The number of carbonyl (C=O) groups excluding carboxylic acids is 5. The lowest BCUT2D eigenvalue weighted by Gasteiger charge is -2.50. The van der Waals surface area contributed by atoms with Crippen LogP contribution in [0.25, 0.3) is 0 Å². The lowest BCUT2D eigenvalue weighted by molar-refractivity contribution is -0.353. The number of cyclic esters (lactones) is 1. The number of nitrogens with zero attached hydrogens (tertiary/aromatic N) is 1. The summed E-state index contributed by atoms with van der Waals surface area (Å²) in [6.07, 6.45) is -17.4. The highest BCUT2D eigenvalue weighted by Gasteiger charge is 2.53. The quantitative estimate of drug-likeness (QED) is 0.106. The van der Waals surface area contributed by atoms with Gasteiger partial charge in [0.1, 0.15) is 48.5 Å². The highest BCUT2D eigenvalue weighted by Crippen LogP contribution is 2.39. The predicted molar refractivity (Wildman–Crippen MR) is 263 cm³/mol. The number of hydrogen-bond acceptors (Lipinski definition) is 20. The fourth-order valence-corrected chi connectivity index (χ4v) is 10.3. The van der Waals surface area contributed by atoms with Crippen LogP contribution in [-0.4, -0.2) is 189 Å². The second-order valence-electron chi connectivity index (χ2n) is 20.2. The Balaban J connectivity index is 1.76. The van der Waals surface area contributed by atoms with Gasteiger partial charge in [-0.15, -0.1) is 0 Å². The number of esters is 3. The van der Waals surface area contributed by atoms with Gasteiger partial charge in [-0.25, -0.2) is 0 Å². The normalized spacial score (nSPS) is 44.1. The summed E-state index contributed by atoms with van der Waals surface area (Å²) in [6, 6.07) is -1.01. The maximum atomic E-state index is 14.3. The lowest BCUT2D eigenvalue weighted by atomic mass is 9.79. The molecule has 0 aromatic heterocycles. The number of rotatable bonds is 17. The molecule has 3 fully saturated rings. The van der Waals surface area contributed by atoms with E-state index in [1.807, 2.05) is 0 Å². The molecule has 3 N–H and O–H groups in total. The fraction of sp³-hybridized carbons (Fsp3) is 0.830. The molecule has 0 aromatic rings. The molecule has 20 heteroatoms. The molecular weight excluding hydrogens is 955 g/mol. The van der Waals surface area contributed by atoms with E-state index in [2.05, 4.69) is 0 Å². The summed E-state index contributed by atoms with van der Waals surface area (Å²) in [5, 5.41) is 34.4. The van der Waals surface area contributed by atoms with Gasteiger partial charge in [-0.3, -0.25) is 19.2 Å². The minimum Gasteiger partial charge on any atom is -0.462 e. The van der Waals surface area contributed by atoms with Crippen LogP contribution >= 0.6 is 0 Å². The molecular formula is C53H87NO19. The third-order valence-electron chi connectivity index (χ3n) is 14.1. The van der Waals surface area contributed by atoms with E-state index in [0.717, 1.165) is 6.92 Å². The monoisotopic (exact) mass is 1050 g/mol. The van der Waals surface area contributed by atoms with Crippen LogP contribution in [0.2, 0.25) is 0 Å². The maximum absolute atomic E-state index is 14.3. The molecule has 0 amide bonds. The third kappa shape index (κ3) is 16.9. The number of ketones is 1. The first kappa shape index (κ1) is 49.3. The predicted octanol–water partition coefficient (Wildman–Crippen LogP) is 4.00. The molecule has 0 radical (unpaired) electrons. The van der Waals surface area contributed by atoms with Gasteiger partial charge in [0.2, 0.25) is 0 Å². The van der Waals surface area contributed by atoms with E-state index in [-0.39, 0.29) is 31.7 Å². The molecule has 0 bridgehead atoms. The molecule has 4 heterocycles. The van der Waals surface area contributed by atoms with Crippen LogP contribution in [0, 0.1) is 29.6 Å². The summed E-state index contributed by atoms with van der Waals surface area (Å²) >= 11 is 0. The van der Waals surface area contributed by atoms with Crippen molar-refractivity contribution in [2.75, 3.05) is 34.9 Å². The Morgan fingerprint density at radius 1 is 0.945 bits per heavy atom. The molecule has 21 atom stereocenters. The first-order valence-corrected chi connectivity index (χ1v) is 24.9. The van der Waals surface area contributed by atoms with Crippen LogP contribution < -0.4 is 0 Å². The summed E-state index contributed by atoms with van der Waals surface area (Å²) in [5.74, 6) is -11.3. The standard InChI is InChI=1S/C53H87NO19/c1-16-38-36(26-65-51-49(64-15)48(63-14)45(61)32(8)67-51)22-28(4)17-18-37(57)29(5)23-35(19-20-55)46(30(6)39(69-34(10)56)24-41(59)70-38)73-52-47(43(54(12)13)44(60)31(7)68-52)72-42-25-53(11,62)50(33(9)66-42)71-40(58)21-27(2)3/h17-18,20,22,27,29-33,35-36,38-39,42-52,60-62H,16,19,21,23-26H2,1-15H3/b18-17+,28-22+/t29-,30+,31-,32-,33+,35+,36-,38-,39-,42+,43+,44-,45-,46-,47-,48-,49-,50+,51-,52+,53-/m1/s1/i2D3,3D3,21D2,27D. The van der Waals surface area contributed by atoms with Gasteiger partial charge < -0.3 is 77.1 Å². The third-order valence-corrected chi connectivity index (χ3v) is 14.1. The van der Waals surface area contributed by atoms with E-state index >= 15 is 0 Å². The molecule has 0 aliphatic carbocycles. The number of likely N-dealkylation sites (N-methyl/N-ethyl adjacent to an activating group) is 1. The number of aliphatic hydroxyl groups is 3. The number of aliphatic hydroxyl groups excluding tert-OH is 2. The highest BCUT2D eigenvalue weighted by molar-refractivity contribution is 5.91. The van der Waals surface area contributed by atoms with Crippen LogP contribution in [-0.2, 0) is 76.1 Å². The SMILES string of the molecule is [2H]C([2H])([2H])C([2H])(C([2H])([2H])[2H])C([2H])([2H])C(=O)O[C@H]1[C@H](C)O[C@@H](O[C@H]2[C@H](O[C@H]3[C@@H](CC=O)C[C@@H](C)C(=O)/C=C/C(C)=C/[C@H](CO[C@@H]4O[C@H](C)[C@@H](O)[C@@H](OC)[C@H]4OC)[C@@H](CC)OC(=O)C[C@@H](OC(C)=O)[C@@H]3C)O[C@H](C)[C@@H](O)[C@@H]2N(C)C)C[C@@]1(C)O. The van der Waals surface area contributed by atoms with Crippen molar-refractivity contribution in [2.45, 2.75) is 218 Å². The Hall–Kier alpha value is -3.25. The van der Waals surface area contributed by atoms with Crippen molar-refractivity contribution >= 4 is 30.0 Å². The van der Waals surface area contributed by atoms with E-state index in [9.17, 15) is 39.3 Å². The van der Waals surface area contributed by atoms with Crippen LogP contribution in [0.3, 0.4) is 0 Å². The van der Waals surface area contributed by atoms with Gasteiger partial charge in [0, 0.05) is 70.4 Å². The molecule has 0 aromatic carbocycles. The van der Waals surface area contributed by atoms with Crippen molar-refractivity contribution in [3.63, 3.8) is 0 Å². The summed E-state index contributed by atoms with van der Waals surface area (Å²) < 4.78 is 138. The van der Waals surface area contributed by atoms with Crippen LogP contribution in [0.5, 0.6) is 0 Å². The van der Waals surface area contributed by atoms with Crippen LogP contribution in [0.4, 0.5) is 0 Å². The molecule has 73 heavy (non-hydrogen) atoms. The van der Waals surface area contributed by atoms with Gasteiger partial charge in [-0.05, 0) is 79.4 Å². The fourth-order valence-electron chi connectivity index (χ4n) is 10.3. The molecule has 0 unspecified atom stereocenters. The first-order chi connectivity index (χ1) is 37.8. The molecule has 20 nitrogen and oxygen atoms in total. The lowest BCUT2D eigenvalue weighted by Crippen LogP contribution is -2.66. The van der Waals surface area contributed by atoms with E-state index in [1.165, 1.54) is 34.1 Å². The zero-order chi connectivity index (χ0) is 62.4. The number of ether oxygens (including phenoxy) is 11. The molecule has 3 saturated heterocycles. The van der Waals surface area contributed by atoms with Crippen LogP contribution in [0.1, 0.15) is 127 Å². The largest absolute Gasteiger partial charge is 0.462 e. The summed E-state index contributed by atoms with van der Waals surface area (Å²) in [7, 11) is 6.10. The zero-order valence-electron chi connectivity index (χ0n) is 53.4. The molecule has 418 valence electrons. The second-order valence-corrected chi connectivity index (χ2v) is 20.2. The topological polar surface area (TPSA) is 251 Å². The van der Waals surface area contributed by atoms with Gasteiger partial charge in [-0.1, -0.05) is 52.2 Å². The Bertz CT molecular complexity index is 2200. The first-order valence-electron chi connectivity index (χ1n) is 29.4. The Kier molecular flexibility index (Phi) is 19.1. The summed E-state index contributed by atoms with van der Waals surface area (Å²) in [4.78, 5) is 69.3. The molecule has 0 spiro atoms. The Labute approximate surface area is 444 Å². The summed E-state index contributed by atoms with van der Waals surface area (Å²) in [5.41, 5.74) is -1.60. The maximum Gasteiger partial charge on any atom is 0.309 e. The average Bonchev–Trinajstić information content (AvgIpc) is 2.36. The highest BCUT2D eigenvalue weighted by atomic mass is 16.8. The Morgan fingerprint density at radius 3 is 2.19 bits per heavy atom. The average molecular weight is 1050 g/mol. The van der Waals surface area contributed by atoms with Crippen molar-refractivity contribution in [3.05, 3.63) is 23.8 Å². The molecule has 0 saturated carbocycles. The molecule has 4 aliphatic rings.